The molecule has 0 amide bonds. The van der Waals surface area contributed by atoms with Crippen molar-refractivity contribution in [2.45, 2.75) is 72.0 Å². The van der Waals surface area contributed by atoms with Crippen LogP contribution in [0.3, 0.4) is 0 Å². The highest BCUT2D eigenvalue weighted by Gasteiger charge is 2.19. The van der Waals surface area contributed by atoms with Crippen LogP contribution in [0.25, 0.3) is 0 Å². The van der Waals surface area contributed by atoms with E-state index in [1.807, 2.05) is 0 Å². The summed E-state index contributed by atoms with van der Waals surface area (Å²) in [5, 5.41) is 7.04. The predicted octanol–water partition coefficient (Wildman–Crippen LogP) is 2.16. The van der Waals surface area contributed by atoms with E-state index in [0.717, 1.165) is 58.3 Å². The lowest BCUT2D eigenvalue weighted by molar-refractivity contribution is 0.128. The molecule has 1 heterocycles. The topological polar surface area (TPSA) is 52.1 Å². The van der Waals surface area contributed by atoms with Crippen molar-refractivity contribution in [3.8, 4) is 0 Å². The van der Waals surface area contributed by atoms with E-state index in [2.05, 4.69) is 55.1 Å². The summed E-state index contributed by atoms with van der Waals surface area (Å²) in [5.74, 6) is 0.975. The van der Waals surface area contributed by atoms with Crippen LogP contribution >= 0.6 is 0 Å². The number of nitrogens with one attached hydrogen (secondary N) is 2. The molecule has 0 bridgehead atoms. The van der Waals surface area contributed by atoms with Crippen LogP contribution in [0.5, 0.6) is 0 Å². The fraction of sp³-hybridized carbons (Fsp3) is 0.950. The van der Waals surface area contributed by atoms with Gasteiger partial charge in [-0.2, -0.15) is 0 Å². The Morgan fingerprint density at radius 3 is 2.38 bits per heavy atom. The van der Waals surface area contributed by atoms with Gasteiger partial charge in [0, 0.05) is 64.5 Å². The second kappa shape index (κ2) is 13.3. The van der Waals surface area contributed by atoms with Crippen molar-refractivity contribution in [3.05, 3.63) is 0 Å². The Morgan fingerprint density at radius 1 is 1.19 bits per heavy atom. The minimum Gasteiger partial charge on any atom is -0.383 e. The molecule has 1 aliphatic rings. The van der Waals surface area contributed by atoms with Crippen molar-refractivity contribution >= 4 is 5.96 Å². The van der Waals surface area contributed by atoms with Crippen LogP contribution in [-0.2, 0) is 4.74 Å². The van der Waals surface area contributed by atoms with E-state index in [0.29, 0.717) is 18.1 Å². The summed E-state index contributed by atoms with van der Waals surface area (Å²) in [4.78, 5) is 9.82. The average molecular weight is 370 g/mol. The summed E-state index contributed by atoms with van der Waals surface area (Å²) in [6, 6.07) is 1.71. The molecule has 0 aromatic carbocycles. The number of aliphatic imine (C=N–C) groups is 1. The summed E-state index contributed by atoms with van der Waals surface area (Å²) >= 11 is 0. The van der Waals surface area contributed by atoms with Gasteiger partial charge in [-0.05, 0) is 53.9 Å². The quantitative estimate of drug-likeness (QED) is 0.332. The number of likely N-dealkylation sites (tertiary alicyclic amines) is 1. The van der Waals surface area contributed by atoms with E-state index in [1.54, 1.807) is 7.11 Å². The second-order valence-electron chi connectivity index (χ2n) is 7.79. The fourth-order valence-corrected chi connectivity index (χ4v) is 3.59. The van der Waals surface area contributed by atoms with Crippen molar-refractivity contribution in [1.29, 1.82) is 0 Å². The molecular weight excluding hydrogens is 326 g/mol. The van der Waals surface area contributed by atoms with E-state index in [4.69, 9.17) is 9.73 Å². The maximum atomic E-state index is 5.18. The van der Waals surface area contributed by atoms with Gasteiger partial charge >= 0.3 is 0 Å². The first-order valence-electron chi connectivity index (χ1n) is 10.5. The molecule has 0 unspecified atom stereocenters. The Morgan fingerprint density at radius 2 is 1.85 bits per heavy atom. The van der Waals surface area contributed by atoms with Crippen LogP contribution in [0.2, 0.25) is 0 Å². The highest BCUT2D eigenvalue weighted by atomic mass is 16.5. The molecule has 26 heavy (non-hydrogen) atoms. The Balaban J connectivity index is 2.37. The van der Waals surface area contributed by atoms with Gasteiger partial charge in [-0.15, -0.1) is 0 Å². The first-order chi connectivity index (χ1) is 12.5. The first kappa shape index (κ1) is 23.2. The molecule has 0 aliphatic carbocycles. The zero-order chi connectivity index (χ0) is 19.4. The Hall–Kier alpha value is -0.850. The molecule has 1 rings (SSSR count). The number of ether oxygens (including phenoxy) is 1. The number of hydrogen-bond acceptors (Lipinski definition) is 4. The molecule has 6 heteroatoms. The normalized spacial score (nSPS) is 17.5. The molecule has 1 saturated heterocycles. The van der Waals surface area contributed by atoms with Crippen LogP contribution in [0.4, 0.5) is 0 Å². The molecule has 0 radical (unpaired) electrons. The Bertz CT molecular complexity index is 370. The van der Waals surface area contributed by atoms with Crippen LogP contribution < -0.4 is 10.6 Å². The zero-order valence-corrected chi connectivity index (χ0v) is 18.1. The Kier molecular flexibility index (Phi) is 11.9. The number of hydrogen-bond donors (Lipinski definition) is 2. The van der Waals surface area contributed by atoms with Gasteiger partial charge in [0.25, 0.3) is 0 Å². The second-order valence-corrected chi connectivity index (χ2v) is 7.79. The van der Waals surface area contributed by atoms with E-state index >= 15 is 0 Å². The molecular formula is C20H43N5O. The van der Waals surface area contributed by atoms with Crippen molar-refractivity contribution in [3.63, 3.8) is 0 Å². The third-order valence-electron chi connectivity index (χ3n) is 5.06. The predicted molar refractivity (Wildman–Crippen MR) is 112 cm³/mol. The molecule has 0 spiro atoms. The lowest BCUT2D eigenvalue weighted by atomic mass is 10.1. The lowest BCUT2D eigenvalue weighted by Gasteiger charge is -2.33. The average Bonchev–Trinajstić information content (AvgIpc) is 2.60. The van der Waals surface area contributed by atoms with Gasteiger partial charge in [0.05, 0.1) is 6.61 Å². The standard InChI is InChI=1S/C20H43N5O/c1-7-21-20(22-11-8-12-25(17(2)3)18(4)5)23-19-9-13-24(14-10-19)15-16-26-6/h17-19H,7-16H2,1-6H3,(H2,21,22,23). The van der Waals surface area contributed by atoms with E-state index in [1.165, 1.54) is 12.8 Å². The van der Waals surface area contributed by atoms with Crippen LogP contribution in [-0.4, -0.2) is 86.9 Å². The minimum atomic E-state index is 0.523. The first-order valence-corrected chi connectivity index (χ1v) is 10.5. The number of piperidine rings is 1. The molecule has 0 aromatic heterocycles. The monoisotopic (exact) mass is 369 g/mol. The van der Waals surface area contributed by atoms with E-state index in [9.17, 15) is 0 Å². The Labute approximate surface area is 161 Å². The number of nitrogens with zero attached hydrogens (tertiary/aromatic N) is 3. The molecule has 2 N–H and O–H groups in total. The van der Waals surface area contributed by atoms with Crippen molar-refractivity contribution in [1.82, 2.24) is 20.4 Å². The number of rotatable bonds is 11. The van der Waals surface area contributed by atoms with Crippen molar-refractivity contribution in [2.24, 2.45) is 4.99 Å². The molecule has 154 valence electrons. The van der Waals surface area contributed by atoms with Gasteiger partial charge in [-0.1, -0.05) is 0 Å². The number of guanidine groups is 1. The largest absolute Gasteiger partial charge is 0.383 e. The maximum absolute atomic E-state index is 5.18. The molecule has 1 aliphatic heterocycles. The van der Waals surface area contributed by atoms with E-state index in [-0.39, 0.29) is 0 Å². The lowest BCUT2D eigenvalue weighted by Crippen LogP contribution is -2.49. The summed E-state index contributed by atoms with van der Waals surface area (Å²) in [7, 11) is 1.77. The van der Waals surface area contributed by atoms with Gasteiger partial charge < -0.3 is 20.3 Å². The van der Waals surface area contributed by atoms with Gasteiger partial charge in [0.1, 0.15) is 0 Å². The maximum Gasteiger partial charge on any atom is 0.191 e. The highest BCUT2D eigenvalue weighted by Crippen LogP contribution is 2.10. The SMILES string of the molecule is CCNC(=NCCCN(C(C)C)C(C)C)NC1CCN(CCOC)CC1. The van der Waals surface area contributed by atoms with Gasteiger partial charge in [0.2, 0.25) is 0 Å². The molecule has 0 atom stereocenters. The summed E-state index contributed by atoms with van der Waals surface area (Å²) in [6.45, 7) is 18.2. The highest BCUT2D eigenvalue weighted by molar-refractivity contribution is 5.80. The van der Waals surface area contributed by atoms with Crippen LogP contribution in [0.1, 0.15) is 53.9 Å². The van der Waals surface area contributed by atoms with Gasteiger partial charge in [0.15, 0.2) is 5.96 Å². The minimum absolute atomic E-state index is 0.523. The number of methoxy groups -OCH3 is 1. The third-order valence-corrected chi connectivity index (χ3v) is 5.06. The summed E-state index contributed by atoms with van der Waals surface area (Å²) in [5.41, 5.74) is 0. The van der Waals surface area contributed by atoms with E-state index < -0.39 is 0 Å². The van der Waals surface area contributed by atoms with Crippen molar-refractivity contribution < 1.29 is 4.74 Å². The fourth-order valence-electron chi connectivity index (χ4n) is 3.59. The van der Waals surface area contributed by atoms with Crippen LogP contribution in [0.15, 0.2) is 4.99 Å². The van der Waals surface area contributed by atoms with Crippen LogP contribution in [0, 0.1) is 0 Å². The molecule has 0 aromatic rings. The van der Waals surface area contributed by atoms with Gasteiger partial charge in [-0.3, -0.25) is 9.89 Å². The zero-order valence-electron chi connectivity index (χ0n) is 18.1. The third kappa shape index (κ3) is 9.19. The smallest absolute Gasteiger partial charge is 0.191 e. The summed E-state index contributed by atoms with van der Waals surface area (Å²) in [6.07, 6.45) is 3.44. The van der Waals surface area contributed by atoms with Gasteiger partial charge in [-0.25, -0.2) is 0 Å². The molecule has 6 nitrogen and oxygen atoms in total. The van der Waals surface area contributed by atoms with Crippen molar-refractivity contribution in [2.75, 3.05) is 53.0 Å². The molecule has 0 saturated carbocycles. The molecule has 1 fully saturated rings. The summed E-state index contributed by atoms with van der Waals surface area (Å²) < 4.78 is 5.18.